The molecule has 2 N–H and O–H groups in total. The third kappa shape index (κ3) is 4.68. The number of hydrogen-bond donors (Lipinski definition) is 1. The van der Waals surface area contributed by atoms with Crippen LogP contribution in [0.2, 0.25) is 0 Å². The molecule has 3 aromatic rings. The molecule has 1 fully saturated rings. The standard InChI is InChI=1S/C25H34N4O2/c1-2-3-4-5-6-7-12-17-31-25(30)21-22-24(28-20-16-11-10-15-19(20)27-22)29(23(21)26)18-13-8-9-14-18/h10-11,15-16,18H,2-9,12-14,17,26H2,1H3. The van der Waals surface area contributed by atoms with Crippen LogP contribution in [0.15, 0.2) is 24.3 Å². The zero-order valence-corrected chi connectivity index (χ0v) is 18.6. The molecule has 0 saturated heterocycles. The molecule has 6 nitrogen and oxygen atoms in total. The summed E-state index contributed by atoms with van der Waals surface area (Å²) in [4.78, 5) is 22.7. The van der Waals surface area contributed by atoms with Crippen molar-refractivity contribution in [2.45, 2.75) is 83.6 Å². The average Bonchev–Trinajstić information content (AvgIpc) is 3.39. The number of nitrogens with two attached hydrogens (primary N) is 1. The van der Waals surface area contributed by atoms with Crippen molar-refractivity contribution in [2.75, 3.05) is 12.3 Å². The van der Waals surface area contributed by atoms with Gasteiger partial charge >= 0.3 is 5.97 Å². The van der Waals surface area contributed by atoms with E-state index in [9.17, 15) is 4.79 Å². The molecule has 0 bridgehead atoms. The molecule has 2 aromatic heterocycles. The summed E-state index contributed by atoms with van der Waals surface area (Å²) in [6.07, 6.45) is 12.7. The highest BCUT2D eigenvalue weighted by molar-refractivity contribution is 6.08. The van der Waals surface area contributed by atoms with Crippen LogP contribution >= 0.6 is 0 Å². The molecule has 166 valence electrons. The molecule has 0 amide bonds. The van der Waals surface area contributed by atoms with Crippen molar-refractivity contribution in [1.29, 1.82) is 0 Å². The van der Waals surface area contributed by atoms with Gasteiger partial charge in [-0.1, -0.05) is 70.4 Å². The lowest BCUT2D eigenvalue weighted by molar-refractivity contribution is 0.0501. The summed E-state index contributed by atoms with van der Waals surface area (Å²) in [7, 11) is 0. The summed E-state index contributed by atoms with van der Waals surface area (Å²) in [6.45, 7) is 2.64. The number of hydrogen-bond acceptors (Lipinski definition) is 5. The van der Waals surface area contributed by atoms with Crippen LogP contribution < -0.4 is 5.73 Å². The predicted octanol–water partition coefficient (Wildman–Crippen LogP) is 6.19. The summed E-state index contributed by atoms with van der Waals surface area (Å²) in [5.74, 6) is 0.0663. The fourth-order valence-corrected chi connectivity index (χ4v) is 4.71. The Labute approximate surface area is 184 Å². The third-order valence-electron chi connectivity index (χ3n) is 6.41. The minimum absolute atomic E-state index is 0.266. The van der Waals surface area contributed by atoms with E-state index < -0.39 is 0 Å². The summed E-state index contributed by atoms with van der Waals surface area (Å²) >= 11 is 0. The van der Waals surface area contributed by atoms with Gasteiger partial charge in [0.05, 0.1) is 17.6 Å². The van der Waals surface area contributed by atoms with E-state index in [1.54, 1.807) is 0 Å². The van der Waals surface area contributed by atoms with Crippen molar-refractivity contribution in [1.82, 2.24) is 14.5 Å². The maximum atomic E-state index is 13.0. The van der Waals surface area contributed by atoms with Crippen LogP contribution in [0.4, 0.5) is 5.82 Å². The molecule has 0 unspecified atom stereocenters. The summed E-state index contributed by atoms with van der Waals surface area (Å²) in [5.41, 5.74) is 9.76. The van der Waals surface area contributed by atoms with Gasteiger partial charge in [-0.2, -0.15) is 0 Å². The SMILES string of the molecule is CCCCCCCCCOC(=O)c1c(N)n(C2CCCC2)c2nc3ccccc3nc12. The molecule has 0 atom stereocenters. The number of aromatic nitrogens is 3. The zero-order chi connectivity index (χ0) is 21.6. The number of nitrogen functional groups attached to an aromatic ring is 1. The number of esters is 1. The minimum atomic E-state index is -0.380. The second-order valence-electron chi connectivity index (χ2n) is 8.71. The van der Waals surface area contributed by atoms with E-state index in [0.29, 0.717) is 29.2 Å². The maximum Gasteiger partial charge on any atom is 0.344 e. The van der Waals surface area contributed by atoms with Gasteiger partial charge in [-0.25, -0.2) is 14.8 Å². The van der Waals surface area contributed by atoms with Gasteiger partial charge in [0.25, 0.3) is 0 Å². The van der Waals surface area contributed by atoms with Gasteiger partial charge in [0.15, 0.2) is 5.65 Å². The Morgan fingerprint density at radius 2 is 1.68 bits per heavy atom. The Hall–Kier alpha value is -2.63. The fraction of sp³-hybridized carbons (Fsp3) is 0.560. The molecular formula is C25H34N4O2. The fourth-order valence-electron chi connectivity index (χ4n) is 4.71. The Morgan fingerprint density at radius 3 is 2.39 bits per heavy atom. The van der Waals surface area contributed by atoms with Crippen LogP contribution in [0.5, 0.6) is 0 Å². The first-order valence-electron chi connectivity index (χ1n) is 11.9. The molecular weight excluding hydrogens is 388 g/mol. The highest BCUT2D eigenvalue weighted by atomic mass is 16.5. The Morgan fingerprint density at radius 1 is 1.03 bits per heavy atom. The molecule has 2 heterocycles. The van der Waals surface area contributed by atoms with Crippen LogP contribution in [0, 0.1) is 0 Å². The monoisotopic (exact) mass is 422 g/mol. The van der Waals surface area contributed by atoms with Crippen molar-refractivity contribution in [2.24, 2.45) is 0 Å². The summed E-state index contributed by atoms with van der Waals surface area (Å²) in [6, 6.07) is 8.01. The number of carbonyl (C=O) groups is 1. The number of anilines is 1. The Balaban J connectivity index is 1.54. The lowest BCUT2D eigenvalue weighted by Gasteiger charge is -2.15. The number of para-hydroxylation sites is 2. The highest BCUT2D eigenvalue weighted by Crippen LogP contribution is 2.38. The molecule has 0 spiro atoms. The van der Waals surface area contributed by atoms with E-state index in [-0.39, 0.29) is 12.0 Å². The molecule has 1 aromatic carbocycles. The number of carbonyl (C=O) groups excluding carboxylic acids is 1. The molecule has 31 heavy (non-hydrogen) atoms. The minimum Gasteiger partial charge on any atom is -0.462 e. The van der Waals surface area contributed by atoms with Crippen molar-refractivity contribution < 1.29 is 9.53 Å². The van der Waals surface area contributed by atoms with Crippen LogP contribution in [0.1, 0.15) is 94.0 Å². The Bertz CT molecular complexity index is 1040. The van der Waals surface area contributed by atoms with Gasteiger partial charge in [0, 0.05) is 6.04 Å². The van der Waals surface area contributed by atoms with Crippen molar-refractivity contribution >= 4 is 34.0 Å². The lowest BCUT2D eigenvalue weighted by atomic mass is 10.1. The molecule has 4 rings (SSSR count). The van der Waals surface area contributed by atoms with Gasteiger partial charge in [-0.15, -0.1) is 0 Å². The number of rotatable bonds is 10. The zero-order valence-electron chi connectivity index (χ0n) is 18.6. The van der Waals surface area contributed by atoms with Crippen LogP contribution in [-0.2, 0) is 4.74 Å². The van der Waals surface area contributed by atoms with Crippen LogP contribution in [0.3, 0.4) is 0 Å². The first-order valence-corrected chi connectivity index (χ1v) is 11.9. The number of nitrogens with zero attached hydrogens (tertiary/aromatic N) is 3. The third-order valence-corrected chi connectivity index (χ3v) is 6.41. The second-order valence-corrected chi connectivity index (χ2v) is 8.71. The number of unbranched alkanes of at least 4 members (excludes halogenated alkanes) is 6. The molecule has 1 aliphatic rings. The molecule has 1 saturated carbocycles. The average molecular weight is 423 g/mol. The van der Waals surface area contributed by atoms with Gasteiger partial charge in [0.1, 0.15) is 16.9 Å². The topological polar surface area (TPSA) is 83.0 Å². The van der Waals surface area contributed by atoms with Gasteiger partial charge in [-0.3, -0.25) is 0 Å². The van der Waals surface area contributed by atoms with E-state index in [2.05, 4.69) is 6.92 Å². The van der Waals surface area contributed by atoms with Gasteiger partial charge in [-0.05, 0) is 31.4 Å². The normalized spacial score (nSPS) is 14.6. The van der Waals surface area contributed by atoms with E-state index in [1.807, 2.05) is 28.8 Å². The van der Waals surface area contributed by atoms with E-state index in [1.165, 1.54) is 44.9 Å². The van der Waals surface area contributed by atoms with Gasteiger partial charge < -0.3 is 15.0 Å². The number of fused-ring (bicyclic) bond motifs is 2. The first-order chi connectivity index (χ1) is 15.2. The smallest absolute Gasteiger partial charge is 0.344 e. The predicted molar refractivity (Wildman–Crippen MR) is 125 cm³/mol. The highest BCUT2D eigenvalue weighted by Gasteiger charge is 2.29. The van der Waals surface area contributed by atoms with Crippen LogP contribution in [-0.4, -0.2) is 27.1 Å². The maximum absolute atomic E-state index is 13.0. The summed E-state index contributed by atoms with van der Waals surface area (Å²) < 4.78 is 7.67. The number of benzene rings is 1. The largest absolute Gasteiger partial charge is 0.462 e. The van der Waals surface area contributed by atoms with Crippen molar-refractivity contribution in [3.63, 3.8) is 0 Å². The lowest BCUT2D eigenvalue weighted by Crippen LogP contribution is -2.12. The van der Waals surface area contributed by atoms with Gasteiger partial charge in [0.2, 0.25) is 0 Å². The molecule has 0 radical (unpaired) electrons. The molecule has 6 heteroatoms. The molecule has 1 aliphatic carbocycles. The van der Waals surface area contributed by atoms with E-state index in [0.717, 1.165) is 36.7 Å². The van der Waals surface area contributed by atoms with Crippen molar-refractivity contribution in [3.8, 4) is 0 Å². The van der Waals surface area contributed by atoms with Crippen molar-refractivity contribution in [3.05, 3.63) is 29.8 Å². The van der Waals surface area contributed by atoms with E-state index >= 15 is 0 Å². The van der Waals surface area contributed by atoms with Crippen LogP contribution in [0.25, 0.3) is 22.2 Å². The molecule has 0 aliphatic heterocycles. The summed E-state index contributed by atoms with van der Waals surface area (Å²) in [5, 5.41) is 0. The second kappa shape index (κ2) is 10.1. The quantitative estimate of drug-likeness (QED) is 0.311. The first kappa shape index (κ1) is 21.6. The van der Waals surface area contributed by atoms with E-state index in [4.69, 9.17) is 20.4 Å². The number of ether oxygens (including phenoxy) is 1. The Kier molecular flexibility index (Phi) is 7.05.